The second-order valence-corrected chi connectivity index (χ2v) is 1.96. The van der Waals surface area contributed by atoms with Crippen molar-refractivity contribution in [2.45, 2.75) is 0 Å². The molecule has 1 N–H and O–H groups in total. The number of rotatable bonds is 2. The van der Waals surface area contributed by atoms with Gasteiger partial charge in [-0.15, -0.1) is 10.2 Å². The van der Waals surface area contributed by atoms with Crippen molar-refractivity contribution in [2.24, 2.45) is 7.05 Å². The number of hydrogen-bond donors (Lipinski definition) is 1. The van der Waals surface area contributed by atoms with E-state index in [1.165, 1.54) is 12.4 Å². The van der Waals surface area contributed by atoms with E-state index < -0.39 is 0 Å². The summed E-state index contributed by atoms with van der Waals surface area (Å²) in [6, 6.07) is 0. The van der Waals surface area contributed by atoms with E-state index in [9.17, 15) is 4.79 Å². The van der Waals surface area contributed by atoms with Crippen LogP contribution in [0.15, 0.2) is 19.0 Å². The molecule has 0 bridgehead atoms. The summed E-state index contributed by atoms with van der Waals surface area (Å²) in [7, 11) is 1.73. The summed E-state index contributed by atoms with van der Waals surface area (Å²) in [5.41, 5.74) is 0. The van der Waals surface area contributed by atoms with E-state index in [4.69, 9.17) is 0 Å². The zero-order valence-electron chi connectivity index (χ0n) is 6.11. The van der Waals surface area contributed by atoms with Crippen LogP contribution >= 0.6 is 0 Å². The number of aromatic nitrogens is 3. The molecule has 0 aromatic carbocycles. The molecule has 0 aliphatic rings. The highest BCUT2D eigenvalue weighted by molar-refractivity contribution is 5.97. The Morgan fingerprint density at radius 1 is 1.91 bits per heavy atom. The van der Waals surface area contributed by atoms with Crippen LogP contribution in [0.5, 0.6) is 0 Å². The zero-order chi connectivity index (χ0) is 8.27. The Morgan fingerprint density at radius 3 is 3.09 bits per heavy atom. The molecule has 1 heterocycles. The second kappa shape index (κ2) is 2.96. The van der Waals surface area contributed by atoms with Crippen LogP contribution < -0.4 is 5.32 Å². The van der Waals surface area contributed by atoms with E-state index in [1.807, 2.05) is 0 Å². The van der Waals surface area contributed by atoms with Gasteiger partial charge in [0, 0.05) is 7.05 Å². The van der Waals surface area contributed by atoms with Gasteiger partial charge < -0.3 is 4.57 Å². The largest absolute Gasteiger partial charge is 0.303 e. The number of nitrogens with zero attached hydrogens (tertiary/aromatic N) is 3. The maximum absolute atomic E-state index is 10.7. The number of amides is 1. The summed E-state index contributed by atoms with van der Waals surface area (Å²) in [5.74, 6) is 0.121. The number of hydrogen-bond acceptors (Lipinski definition) is 3. The van der Waals surface area contributed by atoms with Crippen LogP contribution in [-0.4, -0.2) is 20.7 Å². The fraction of sp³-hybridized carbons (Fsp3) is 0.167. The van der Waals surface area contributed by atoms with Gasteiger partial charge in [0.05, 0.1) is 0 Å². The minimum absolute atomic E-state index is 0.291. The van der Waals surface area contributed by atoms with Crippen LogP contribution in [0.4, 0.5) is 5.95 Å². The summed E-state index contributed by atoms with van der Waals surface area (Å²) in [6.07, 6.45) is 2.67. The van der Waals surface area contributed by atoms with Crippen molar-refractivity contribution in [2.75, 3.05) is 5.32 Å². The Bertz CT molecular complexity index is 278. The molecule has 5 nitrogen and oxygen atoms in total. The topological polar surface area (TPSA) is 59.8 Å². The number of nitrogens with one attached hydrogen (secondary N) is 1. The SMILES string of the molecule is C=CC(=O)Nc1nncn1C. The third kappa shape index (κ3) is 1.64. The number of aryl methyl sites for hydroxylation is 1. The molecular weight excluding hydrogens is 144 g/mol. The monoisotopic (exact) mass is 152 g/mol. The van der Waals surface area contributed by atoms with Crippen LogP contribution in [0.1, 0.15) is 0 Å². The van der Waals surface area contributed by atoms with Gasteiger partial charge in [0.15, 0.2) is 0 Å². The summed E-state index contributed by atoms with van der Waals surface area (Å²) in [6.45, 7) is 3.30. The molecule has 1 rings (SSSR count). The van der Waals surface area contributed by atoms with Crippen molar-refractivity contribution in [1.82, 2.24) is 14.8 Å². The summed E-state index contributed by atoms with van der Waals surface area (Å²) >= 11 is 0. The lowest BCUT2D eigenvalue weighted by Gasteiger charge is -1.97. The molecule has 58 valence electrons. The van der Waals surface area contributed by atoms with Gasteiger partial charge in [0.2, 0.25) is 11.9 Å². The van der Waals surface area contributed by atoms with Crippen LogP contribution in [0.2, 0.25) is 0 Å². The predicted molar refractivity (Wildman–Crippen MR) is 39.8 cm³/mol. The summed E-state index contributed by atoms with van der Waals surface area (Å²) < 4.78 is 1.60. The van der Waals surface area contributed by atoms with Gasteiger partial charge in [-0.1, -0.05) is 6.58 Å². The molecule has 0 saturated carbocycles. The Morgan fingerprint density at radius 2 is 2.64 bits per heavy atom. The molecule has 0 spiro atoms. The third-order valence-corrected chi connectivity index (χ3v) is 1.13. The molecule has 1 aromatic rings. The Labute approximate surface area is 63.7 Å². The zero-order valence-corrected chi connectivity index (χ0v) is 6.11. The molecule has 1 amide bonds. The fourth-order valence-electron chi connectivity index (χ4n) is 0.558. The minimum atomic E-state index is -0.291. The molecule has 0 unspecified atom stereocenters. The maximum atomic E-state index is 10.7. The minimum Gasteiger partial charge on any atom is -0.303 e. The molecular formula is C6H8N4O. The van der Waals surface area contributed by atoms with Crippen LogP contribution in [0.3, 0.4) is 0 Å². The first-order valence-electron chi connectivity index (χ1n) is 3.01. The van der Waals surface area contributed by atoms with E-state index in [0.29, 0.717) is 5.95 Å². The van der Waals surface area contributed by atoms with Gasteiger partial charge in [0.1, 0.15) is 6.33 Å². The first-order chi connectivity index (χ1) is 5.24. The average molecular weight is 152 g/mol. The third-order valence-electron chi connectivity index (χ3n) is 1.13. The van der Waals surface area contributed by atoms with Crippen molar-refractivity contribution in [3.63, 3.8) is 0 Å². The average Bonchev–Trinajstić information content (AvgIpc) is 2.37. The Hall–Kier alpha value is -1.65. The normalized spacial score (nSPS) is 9.18. The highest BCUT2D eigenvalue weighted by Crippen LogP contribution is 1.96. The highest BCUT2D eigenvalue weighted by Gasteiger charge is 2.01. The van der Waals surface area contributed by atoms with E-state index in [2.05, 4.69) is 22.1 Å². The van der Waals surface area contributed by atoms with E-state index >= 15 is 0 Å². The van der Waals surface area contributed by atoms with Crippen molar-refractivity contribution >= 4 is 11.9 Å². The lowest BCUT2D eigenvalue weighted by Crippen LogP contribution is -2.11. The highest BCUT2D eigenvalue weighted by atomic mass is 16.1. The van der Waals surface area contributed by atoms with Crippen molar-refractivity contribution in [3.05, 3.63) is 19.0 Å². The number of carbonyl (C=O) groups excluding carboxylic acids is 1. The molecule has 0 atom stereocenters. The Balaban J connectivity index is 2.71. The lowest BCUT2D eigenvalue weighted by atomic mass is 10.6. The summed E-state index contributed by atoms with van der Waals surface area (Å²) in [4.78, 5) is 10.7. The molecule has 0 aliphatic carbocycles. The fourth-order valence-corrected chi connectivity index (χ4v) is 0.558. The Kier molecular flexibility index (Phi) is 2.00. The van der Waals surface area contributed by atoms with Crippen molar-refractivity contribution < 1.29 is 4.79 Å². The van der Waals surface area contributed by atoms with Gasteiger partial charge >= 0.3 is 0 Å². The van der Waals surface area contributed by atoms with Crippen LogP contribution in [0, 0.1) is 0 Å². The number of carbonyl (C=O) groups is 1. The standard InChI is InChI=1S/C6H8N4O/c1-3-5(11)8-6-9-7-4-10(6)2/h3-4H,1H2,2H3,(H,8,9,11). The molecule has 0 radical (unpaired) electrons. The first kappa shape index (κ1) is 7.46. The molecule has 1 aromatic heterocycles. The molecule has 0 aliphatic heterocycles. The van der Waals surface area contributed by atoms with Crippen LogP contribution in [-0.2, 0) is 11.8 Å². The molecule has 0 fully saturated rings. The van der Waals surface area contributed by atoms with E-state index in [1.54, 1.807) is 11.6 Å². The van der Waals surface area contributed by atoms with Gasteiger partial charge in [-0.25, -0.2) is 0 Å². The van der Waals surface area contributed by atoms with E-state index in [-0.39, 0.29) is 5.91 Å². The predicted octanol–water partition coefficient (Wildman–Crippen LogP) is -0.0604. The number of anilines is 1. The van der Waals surface area contributed by atoms with Crippen molar-refractivity contribution in [1.29, 1.82) is 0 Å². The maximum Gasteiger partial charge on any atom is 0.250 e. The van der Waals surface area contributed by atoms with Gasteiger partial charge in [-0.3, -0.25) is 10.1 Å². The van der Waals surface area contributed by atoms with E-state index in [0.717, 1.165) is 0 Å². The van der Waals surface area contributed by atoms with Crippen molar-refractivity contribution in [3.8, 4) is 0 Å². The first-order valence-corrected chi connectivity index (χ1v) is 3.01. The summed E-state index contributed by atoms with van der Waals surface area (Å²) in [5, 5.41) is 9.68. The van der Waals surface area contributed by atoms with Crippen LogP contribution in [0.25, 0.3) is 0 Å². The molecule has 0 saturated heterocycles. The van der Waals surface area contributed by atoms with Gasteiger partial charge in [-0.2, -0.15) is 0 Å². The van der Waals surface area contributed by atoms with Gasteiger partial charge in [0.25, 0.3) is 0 Å². The van der Waals surface area contributed by atoms with Gasteiger partial charge in [-0.05, 0) is 6.08 Å². The quantitative estimate of drug-likeness (QED) is 0.604. The smallest absolute Gasteiger partial charge is 0.250 e. The lowest BCUT2D eigenvalue weighted by molar-refractivity contribution is -0.111. The molecule has 11 heavy (non-hydrogen) atoms. The molecule has 5 heteroatoms. The second-order valence-electron chi connectivity index (χ2n) is 1.96.